The van der Waals surface area contributed by atoms with Crippen molar-refractivity contribution < 1.29 is 9.84 Å². The van der Waals surface area contributed by atoms with Crippen LogP contribution in [0.3, 0.4) is 0 Å². The highest BCUT2D eigenvalue weighted by Crippen LogP contribution is 2.28. The van der Waals surface area contributed by atoms with Crippen molar-refractivity contribution in [3.63, 3.8) is 0 Å². The van der Waals surface area contributed by atoms with E-state index in [1.807, 2.05) is 32.0 Å². The molecular formula is C15H16ClNO2. The summed E-state index contributed by atoms with van der Waals surface area (Å²) in [5, 5.41) is 10.8. The second kappa shape index (κ2) is 6.04. The van der Waals surface area contributed by atoms with Gasteiger partial charge >= 0.3 is 0 Å². The quantitative estimate of drug-likeness (QED) is 0.928. The molecule has 1 aromatic carbocycles. The Labute approximate surface area is 117 Å². The summed E-state index contributed by atoms with van der Waals surface area (Å²) in [6, 6.07) is 10.8. The molecule has 2 rings (SSSR count). The number of pyridine rings is 1. The molecule has 100 valence electrons. The molecule has 1 heterocycles. The molecule has 19 heavy (non-hydrogen) atoms. The third-order valence-electron chi connectivity index (χ3n) is 2.59. The van der Waals surface area contributed by atoms with Crippen LogP contribution in [0.4, 0.5) is 0 Å². The van der Waals surface area contributed by atoms with Gasteiger partial charge in [-0.1, -0.05) is 23.7 Å². The highest BCUT2D eigenvalue weighted by molar-refractivity contribution is 6.31. The Kier molecular flexibility index (Phi) is 4.40. The Morgan fingerprint density at radius 1 is 1.21 bits per heavy atom. The van der Waals surface area contributed by atoms with Crippen molar-refractivity contribution in [1.29, 1.82) is 0 Å². The molecule has 4 heteroatoms. The molecule has 0 bridgehead atoms. The first-order chi connectivity index (χ1) is 9.08. The van der Waals surface area contributed by atoms with Gasteiger partial charge in [-0.3, -0.25) is 4.98 Å². The molecule has 3 nitrogen and oxygen atoms in total. The van der Waals surface area contributed by atoms with E-state index in [-0.39, 0.29) is 6.10 Å². The predicted octanol–water partition coefficient (Wildman–Crippen LogP) is 3.60. The average Bonchev–Trinajstić information content (AvgIpc) is 2.38. The van der Waals surface area contributed by atoms with Gasteiger partial charge in [-0.15, -0.1) is 0 Å². The van der Waals surface area contributed by atoms with Crippen LogP contribution >= 0.6 is 11.6 Å². The molecule has 0 amide bonds. The van der Waals surface area contributed by atoms with Gasteiger partial charge in [-0.05, 0) is 43.7 Å². The molecule has 0 aliphatic heterocycles. The lowest BCUT2D eigenvalue weighted by Gasteiger charge is -2.14. The first kappa shape index (κ1) is 13.8. The van der Waals surface area contributed by atoms with Gasteiger partial charge in [0.25, 0.3) is 0 Å². The first-order valence-corrected chi connectivity index (χ1v) is 6.51. The second-order valence-corrected chi connectivity index (χ2v) is 4.92. The molecule has 0 fully saturated rings. The predicted molar refractivity (Wildman–Crippen MR) is 75.5 cm³/mol. The van der Waals surface area contributed by atoms with Gasteiger partial charge in [0.2, 0.25) is 0 Å². The number of ether oxygens (including phenoxy) is 1. The number of aliphatic hydroxyl groups is 1. The monoisotopic (exact) mass is 277 g/mol. The number of hydrogen-bond donors (Lipinski definition) is 1. The number of nitrogens with zero attached hydrogens (tertiary/aromatic N) is 1. The Hall–Kier alpha value is -1.58. The molecular weight excluding hydrogens is 262 g/mol. The molecule has 1 N–H and O–H groups in total. The van der Waals surface area contributed by atoms with Gasteiger partial charge in [0.05, 0.1) is 16.8 Å². The largest absolute Gasteiger partial charge is 0.491 e. The van der Waals surface area contributed by atoms with Crippen molar-refractivity contribution >= 4 is 11.6 Å². The SMILES string of the molecule is CC(C)Oc1cccc(C(O)c2ncccc2Cl)c1. The maximum Gasteiger partial charge on any atom is 0.123 e. The lowest BCUT2D eigenvalue weighted by atomic mass is 10.1. The lowest BCUT2D eigenvalue weighted by Crippen LogP contribution is -2.07. The van der Waals surface area contributed by atoms with Crippen molar-refractivity contribution in [3.8, 4) is 5.75 Å². The van der Waals surface area contributed by atoms with E-state index in [4.69, 9.17) is 16.3 Å². The molecule has 0 saturated carbocycles. The van der Waals surface area contributed by atoms with Crippen LogP contribution in [0.25, 0.3) is 0 Å². The number of hydrogen-bond acceptors (Lipinski definition) is 3. The van der Waals surface area contributed by atoms with Crippen molar-refractivity contribution in [2.24, 2.45) is 0 Å². The molecule has 0 saturated heterocycles. The average molecular weight is 278 g/mol. The van der Waals surface area contributed by atoms with E-state index in [9.17, 15) is 5.11 Å². The Balaban J connectivity index is 2.29. The van der Waals surface area contributed by atoms with E-state index in [2.05, 4.69) is 4.98 Å². The standard InChI is InChI=1S/C15H16ClNO2/c1-10(2)19-12-6-3-5-11(9-12)15(18)14-13(16)7-4-8-17-14/h3-10,15,18H,1-2H3. The number of aliphatic hydroxyl groups excluding tert-OH is 1. The Morgan fingerprint density at radius 3 is 2.68 bits per heavy atom. The van der Waals surface area contributed by atoms with Crippen LogP contribution in [0.15, 0.2) is 42.6 Å². The fraction of sp³-hybridized carbons (Fsp3) is 0.267. The maximum absolute atomic E-state index is 10.3. The van der Waals surface area contributed by atoms with Gasteiger partial charge < -0.3 is 9.84 Å². The van der Waals surface area contributed by atoms with E-state index in [0.717, 1.165) is 5.75 Å². The third-order valence-corrected chi connectivity index (χ3v) is 2.91. The van der Waals surface area contributed by atoms with Crippen LogP contribution in [0.2, 0.25) is 5.02 Å². The van der Waals surface area contributed by atoms with E-state index >= 15 is 0 Å². The van der Waals surface area contributed by atoms with Crippen LogP contribution < -0.4 is 4.74 Å². The number of rotatable bonds is 4. The van der Waals surface area contributed by atoms with Crippen LogP contribution in [-0.2, 0) is 0 Å². The maximum atomic E-state index is 10.3. The zero-order chi connectivity index (χ0) is 13.8. The van der Waals surface area contributed by atoms with Gasteiger partial charge in [0.1, 0.15) is 11.9 Å². The zero-order valence-electron chi connectivity index (χ0n) is 10.9. The zero-order valence-corrected chi connectivity index (χ0v) is 11.6. The molecule has 2 aromatic rings. The summed E-state index contributed by atoms with van der Waals surface area (Å²) in [4.78, 5) is 4.12. The Bertz CT molecular complexity index is 557. The van der Waals surface area contributed by atoms with Gasteiger partial charge in [-0.25, -0.2) is 0 Å². The van der Waals surface area contributed by atoms with Crippen LogP contribution in [0.1, 0.15) is 31.2 Å². The normalized spacial score (nSPS) is 12.5. The minimum atomic E-state index is -0.857. The number of aromatic nitrogens is 1. The molecule has 1 aromatic heterocycles. The van der Waals surface area contributed by atoms with Gasteiger partial charge in [-0.2, -0.15) is 0 Å². The van der Waals surface area contributed by atoms with Crippen molar-refractivity contribution in [3.05, 3.63) is 58.9 Å². The van der Waals surface area contributed by atoms with Crippen LogP contribution in [0.5, 0.6) is 5.75 Å². The minimum Gasteiger partial charge on any atom is -0.491 e. The summed E-state index contributed by atoms with van der Waals surface area (Å²) < 4.78 is 5.61. The van der Waals surface area contributed by atoms with Crippen molar-refractivity contribution in [2.75, 3.05) is 0 Å². The summed E-state index contributed by atoms with van der Waals surface area (Å²) in [7, 11) is 0. The summed E-state index contributed by atoms with van der Waals surface area (Å²) in [6.07, 6.45) is 0.842. The van der Waals surface area contributed by atoms with E-state index in [1.165, 1.54) is 0 Å². The van der Waals surface area contributed by atoms with Crippen molar-refractivity contribution in [1.82, 2.24) is 4.98 Å². The third kappa shape index (κ3) is 3.46. The second-order valence-electron chi connectivity index (χ2n) is 4.51. The highest BCUT2D eigenvalue weighted by Gasteiger charge is 2.15. The molecule has 1 unspecified atom stereocenters. The Morgan fingerprint density at radius 2 is 2.00 bits per heavy atom. The summed E-state index contributed by atoms with van der Waals surface area (Å²) >= 11 is 6.04. The smallest absolute Gasteiger partial charge is 0.123 e. The fourth-order valence-electron chi connectivity index (χ4n) is 1.79. The van der Waals surface area contributed by atoms with E-state index in [1.54, 1.807) is 24.4 Å². The number of halogens is 1. The molecule has 0 aliphatic carbocycles. The van der Waals surface area contributed by atoms with Crippen LogP contribution in [-0.4, -0.2) is 16.2 Å². The highest BCUT2D eigenvalue weighted by atomic mass is 35.5. The summed E-state index contributed by atoms with van der Waals surface area (Å²) in [5.41, 5.74) is 1.16. The first-order valence-electron chi connectivity index (χ1n) is 6.13. The summed E-state index contributed by atoms with van der Waals surface area (Å²) in [5.74, 6) is 0.721. The van der Waals surface area contributed by atoms with E-state index < -0.39 is 6.10 Å². The molecule has 0 radical (unpaired) electrons. The molecule has 0 aliphatic rings. The lowest BCUT2D eigenvalue weighted by molar-refractivity contribution is 0.212. The van der Waals surface area contributed by atoms with Crippen LogP contribution in [0, 0.1) is 0 Å². The molecule has 1 atom stereocenters. The molecule has 0 spiro atoms. The van der Waals surface area contributed by atoms with Gasteiger partial charge in [0, 0.05) is 6.20 Å². The minimum absolute atomic E-state index is 0.0887. The van der Waals surface area contributed by atoms with Gasteiger partial charge in [0.15, 0.2) is 0 Å². The summed E-state index contributed by atoms with van der Waals surface area (Å²) in [6.45, 7) is 3.91. The van der Waals surface area contributed by atoms with Crippen molar-refractivity contribution in [2.45, 2.75) is 26.1 Å². The fourth-order valence-corrected chi connectivity index (χ4v) is 2.01. The topological polar surface area (TPSA) is 42.4 Å². The van der Waals surface area contributed by atoms with E-state index in [0.29, 0.717) is 16.3 Å². The number of benzene rings is 1.